The zero-order valence-corrected chi connectivity index (χ0v) is 27.2. The number of thiazole rings is 1. The van der Waals surface area contributed by atoms with E-state index >= 15 is 0 Å². The van der Waals surface area contributed by atoms with Crippen molar-refractivity contribution in [3.05, 3.63) is 40.8 Å². The van der Waals surface area contributed by atoms with Gasteiger partial charge in [0.15, 0.2) is 5.67 Å². The largest absolute Gasteiger partial charge is 0.351 e. The zero-order chi connectivity index (χ0) is 31.4. The molecule has 7 nitrogen and oxygen atoms in total. The van der Waals surface area contributed by atoms with E-state index in [1.54, 1.807) is 25.4 Å². The van der Waals surface area contributed by atoms with Gasteiger partial charge in [-0.15, -0.1) is 11.3 Å². The quantitative estimate of drug-likeness (QED) is 0.255. The summed E-state index contributed by atoms with van der Waals surface area (Å²) in [5, 5.41) is 5.26. The van der Waals surface area contributed by atoms with E-state index in [0.717, 1.165) is 35.5 Å². The van der Waals surface area contributed by atoms with Crippen LogP contribution < -0.4 is 10.6 Å². The summed E-state index contributed by atoms with van der Waals surface area (Å²) in [5.74, 6) is -0.952. The molecule has 2 aliphatic rings. The normalized spacial score (nSPS) is 17.8. The number of carbonyl (C=O) groups excluding carboxylic acids is 3. The topological polar surface area (TPSA) is 91.4 Å². The Morgan fingerprint density at radius 1 is 1.27 bits per heavy atom. The molecule has 0 radical (unpaired) electrons. The number of nitrogens with one attached hydrogen (secondary N) is 2. The highest BCUT2D eigenvalue weighted by molar-refractivity contribution is 7.81. The van der Waals surface area contributed by atoms with Gasteiger partial charge in [0.05, 0.1) is 28.2 Å². The number of alkyl halides is 1. The van der Waals surface area contributed by atoms with Crippen LogP contribution in [0.25, 0.3) is 10.4 Å². The first-order valence-corrected chi connectivity index (χ1v) is 15.5. The molecule has 11 heteroatoms. The van der Waals surface area contributed by atoms with Crippen LogP contribution in [-0.2, 0) is 20.9 Å². The lowest BCUT2D eigenvalue weighted by Crippen LogP contribution is -2.50. The molecule has 2 aromatic rings. The van der Waals surface area contributed by atoms with E-state index in [4.69, 9.17) is 0 Å². The molecule has 1 aromatic heterocycles. The molecule has 1 saturated heterocycles. The molecule has 1 aromatic carbocycles. The molecule has 2 amide bonds. The number of benzene rings is 1. The third-order valence-corrected chi connectivity index (χ3v) is 7.83. The number of hydrogen-bond donors (Lipinski definition) is 3. The van der Waals surface area contributed by atoms with E-state index in [0.29, 0.717) is 18.4 Å². The highest BCUT2D eigenvalue weighted by Crippen LogP contribution is 2.40. The average molecular weight is 613 g/mol. The number of amides is 2. The Bertz CT molecular complexity index is 1130. The number of halogens is 2. The lowest BCUT2D eigenvalue weighted by molar-refractivity contribution is -0.130. The standard InChI is InChI=1S/C17H20FN3OS.C9H14FNO2S.2C2H6/c1-11-16(23-10-20-11)13-6-5-12(8-14(13)18)9-19-17(22)15-4-3-7-21(15)2;1-8(2,14)6(5-12)11-7(13)9(10)3-4-9;2*1-2/h5-6,8,10,15H,3-4,7,9H2,1-2H3,(H,19,22);5-6,14H,3-4H2,1-2H3,(H,11,13);2*1-2H3. The SMILES string of the molecule is CC.CC.CC(C)(S)C(C=O)NC(=O)C1(F)CC1.Cc1ncsc1-c1ccc(CNC(=O)C2CCCN2C)cc1F. The minimum absolute atomic E-state index is 0.0211. The molecule has 2 unspecified atom stereocenters. The fourth-order valence-corrected chi connectivity index (χ4v) is 4.90. The summed E-state index contributed by atoms with van der Waals surface area (Å²) < 4.78 is 26.9. The second-order valence-corrected chi connectivity index (χ2v) is 12.2. The molecule has 1 saturated carbocycles. The Balaban J connectivity index is 0.000000402. The summed E-state index contributed by atoms with van der Waals surface area (Å²) in [7, 11) is 1.96. The minimum atomic E-state index is -1.74. The van der Waals surface area contributed by atoms with Crippen molar-refractivity contribution >= 4 is 42.1 Å². The molecule has 0 bridgehead atoms. The molecule has 1 aliphatic heterocycles. The fraction of sp³-hybridized carbons (Fsp3) is 0.600. The summed E-state index contributed by atoms with van der Waals surface area (Å²) in [5.41, 5.74) is 2.15. The van der Waals surface area contributed by atoms with E-state index in [1.807, 2.05) is 47.7 Å². The second kappa shape index (κ2) is 16.9. The molecule has 2 fully saturated rings. The van der Waals surface area contributed by atoms with Gasteiger partial charge >= 0.3 is 0 Å². The third kappa shape index (κ3) is 10.8. The molecule has 230 valence electrons. The van der Waals surface area contributed by atoms with Crippen LogP contribution in [0, 0.1) is 12.7 Å². The summed E-state index contributed by atoms with van der Waals surface area (Å²) in [6.45, 7) is 14.6. The maximum atomic E-state index is 14.3. The number of aryl methyl sites for hydroxylation is 1. The number of thiol groups is 1. The Hall–Kier alpha value is -2.37. The van der Waals surface area contributed by atoms with Gasteiger partial charge in [-0.2, -0.15) is 12.6 Å². The van der Waals surface area contributed by atoms with Gasteiger partial charge < -0.3 is 15.4 Å². The van der Waals surface area contributed by atoms with Gasteiger partial charge in [0.1, 0.15) is 12.1 Å². The maximum Gasteiger partial charge on any atom is 0.258 e. The maximum absolute atomic E-state index is 14.3. The van der Waals surface area contributed by atoms with E-state index in [-0.39, 0.29) is 30.6 Å². The van der Waals surface area contributed by atoms with Crippen LogP contribution in [0.2, 0.25) is 0 Å². The first kappa shape index (κ1) is 36.7. The number of aromatic nitrogens is 1. The Labute approximate surface area is 253 Å². The van der Waals surface area contributed by atoms with Crippen molar-refractivity contribution in [2.24, 2.45) is 0 Å². The van der Waals surface area contributed by atoms with Gasteiger partial charge in [-0.1, -0.05) is 39.8 Å². The van der Waals surface area contributed by atoms with Crippen LogP contribution in [0.1, 0.15) is 78.5 Å². The molecule has 2 heterocycles. The van der Waals surface area contributed by atoms with Crippen molar-refractivity contribution in [3.8, 4) is 10.4 Å². The lowest BCUT2D eigenvalue weighted by atomic mass is 10.0. The van der Waals surface area contributed by atoms with Crippen LogP contribution in [0.5, 0.6) is 0 Å². The lowest BCUT2D eigenvalue weighted by Gasteiger charge is -2.26. The van der Waals surface area contributed by atoms with Crippen LogP contribution in [0.3, 0.4) is 0 Å². The average Bonchev–Trinajstić information content (AvgIpc) is 3.33. The van der Waals surface area contributed by atoms with Gasteiger partial charge in [-0.3, -0.25) is 14.5 Å². The highest BCUT2D eigenvalue weighted by Gasteiger charge is 2.51. The van der Waals surface area contributed by atoms with Gasteiger partial charge in [0.2, 0.25) is 5.91 Å². The van der Waals surface area contributed by atoms with E-state index in [2.05, 4.69) is 33.1 Å². The molecule has 4 rings (SSSR count). The third-order valence-electron chi connectivity index (χ3n) is 6.59. The van der Waals surface area contributed by atoms with Crippen LogP contribution in [-0.4, -0.2) is 64.1 Å². The number of carbonyl (C=O) groups is 3. The predicted molar refractivity (Wildman–Crippen MR) is 167 cm³/mol. The van der Waals surface area contributed by atoms with Crippen LogP contribution >= 0.6 is 24.0 Å². The Morgan fingerprint density at radius 3 is 2.34 bits per heavy atom. The number of likely N-dealkylation sites (N-methyl/N-ethyl adjacent to an activating group) is 1. The van der Waals surface area contributed by atoms with Crippen LogP contribution in [0.15, 0.2) is 23.7 Å². The molecular weight excluding hydrogens is 566 g/mol. The Kier molecular flexibility index (Phi) is 15.1. The number of aldehydes is 1. The number of rotatable bonds is 8. The minimum Gasteiger partial charge on any atom is -0.351 e. The summed E-state index contributed by atoms with van der Waals surface area (Å²) in [6.07, 6.45) is 3.01. The highest BCUT2D eigenvalue weighted by atomic mass is 32.1. The summed E-state index contributed by atoms with van der Waals surface area (Å²) in [4.78, 5) is 41.1. The summed E-state index contributed by atoms with van der Waals surface area (Å²) in [6, 6.07) is 4.30. The molecule has 41 heavy (non-hydrogen) atoms. The first-order valence-electron chi connectivity index (χ1n) is 14.2. The molecule has 2 atom stereocenters. The number of nitrogens with zero attached hydrogens (tertiary/aromatic N) is 2. The summed E-state index contributed by atoms with van der Waals surface area (Å²) >= 11 is 5.58. The number of hydrogen-bond acceptors (Lipinski definition) is 7. The van der Waals surface area contributed by atoms with E-state index in [9.17, 15) is 23.2 Å². The van der Waals surface area contributed by atoms with Gasteiger partial charge in [-0.25, -0.2) is 13.8 Å². The molecule has 2 N–H and O–H groups in total. The molecule has 0 spiro atoms. The first-order chi connectivity index (χ1) is 19.4. The predicted octanol–water partition coefficient (Wildman–Crippen LogP) is 5.90. The van der Waals surface area contributed by atoms with Crippen molar-refractivity contribution in [3.63, 3.8) is 0 Å². The van der Waals surface area contributed by atoms with Crippen molar-refractivity contribution in [1.29, 1.82) is 0 Å². The van der Waals surface area contributed by atoms with Gasteiger partial charge in [-0.05, 0) is 71.7 Å². The Morgan fingerprint density at radius 2 is 1.90 bits per heavy atom. The van der Waals surface area contributed by atoms with Crippen molar-refractivity contribution in [1.82, 2.24) is 20.5 Å². The molecular formula is C30H46F2N4O3S2. The van der Waals surface area contributed by atoms with E-state index in [1.165, 1.54) is 17.4 Å². The van der Waals surface area contributed by atoms with Gasteiger partial charge in [0.25, 0.3) is 5.91 Å². The smallest absolute Gasteiger partial charge is 0.258 e. The monoisotopic (exact) mass is 612 g/mol. The second-order valence-electron chi connectivity index (χ2n) is 10.1. The van der Waals surface area contributed by atoms with Crippen molar-refractivity contribution < 1.29 is 23.2 Å². The van der Waals surface area contributed by atoms with Crippen molar-refractivity contribution in [2.45, 2.75) is 103 Å². The zero-order valence-electron chi connectivity index (χ0n) is 25.5. The van der Waals surface area contributed by atoms with E-state index < -0.39 is 22.4 Å². The molecule has 1 aliphatic carbocycles. The fourth-order valence-electron chi connectivity index (χ4n) is 3.95. The van der Waals surface area contributed by atoms with Crippen molar-refractivity contribution in [2.75, 3.05) is 13.6 Å². The number of likely N-dealkylation sites (tertiary alicyclic amines) is 1. The van der Waals surface area contributed by atoms with Gasteiger partial charge in [0, 0.05) is 16.9 Å². The van der Waals surface area contributed by atoms with Crippen LogP contribution in [0.4, 0.5) is 8.78 Å².